The van der Waals surface area contributed by atoms with Crippen molar-refractivity contribution in [3.05, 3.63) is 48.3 Å². The third-order valence-electron chi connectivity index (χ3n) is 4.20. The lowest BCUT2D eigenvalue weighted by molar-refractivity contribution is -0.670. The molecule has 0 aliphatic heterocycles. The zero-order chi connectivity index (χ0) is 14.6. The Morgan fingerprint density at radius 2 is 1.86 bits per heavy atom. The highest BCUT2D eigenvalue weighted by atomic mass is 16.5. The van der Waals surface area contributed by atoms with Crippen molar-refractivity contribution < 1.29 is 9.30 Å². The van der Waals surface area contributed by atoms with Crippen molar-refractivity contribution in [3.8, 4) is 5.75 Å². The molecule has 1 N–H and O–H groups in total. The molecule has 2 aromatic carbocycles. The summed E-state index contributed by atoms with van der Waals surface area (Å²) in [4.78, 5) is 3.56. The summed E-state index contributed by atoms with van der Waals surface area (Å²) in [5.74, 6) is 0.889. The van der Waals surface area contributed by atoms with Crippen molar-refractivity contribution in [1.29, 1.82) is 0 Å². The Kier molecular flexibility index (Phi) is 2.45. The maximum absolute atomic E-state index is 5.36. The number of hydrogen-bond acceptors (Lipinski definition) is 1. The first-order valence-corrected chi connectivity index (χ1v) is 7.05. The summed E-state index contributed by atoms with van der Waals surface area (Å²) in [7, 11) is 3.76. The van der Waals surface area contributed by atoms with Crippen LogP contribution in [-0.4, -0.2) is 12.1 Å². The van der Waals surface area contributed by atoms with E-state index in [0.29, 0.717) is 0 Å². The highest BCUT2D eigenvalue weighted by Gasteiger charge is 2.12. The van der Waals surface area contributed by atoms with E-state index in [1.54, 1.807) is 7.11 Å². The Bertz CT molecular complexity index is 999. The fraction of sp³-hybridized carbons (Fsp3) is 0.167. The highest BCUT2D eigenvalue weighted by molar-refractivity contribution is 6.17. The number of ether oxygens (including phenoxy) is 1. The van der Waals surface area contributed by atoms with Gasteiger partial charge in [-0.2, -0.15) is 0 Å². The van der Waals surface area contributed by atoms with E-state index >= 15 is 0 Å². The largest absolute Gasteiger partial charge is 0.497 e. The Hall–Kier alpha value is -2.55. The fourth-order valence-electron chi connectivity index (χ4n) is 3.12. The fourth-order valence-corrected chi connectivity index (χ4v) is 3.12. The van der Waals surface area contributed by atoms with Gasteiger partial charge in [0.15, 0.2) is 12.4 Å². The van der Waals surface area contributed by atoms with Crippen LogP contribution < -0.4 is 9.30 Å². The zero-order valence-corrected chi connectivity index (χ0v) is 12.4. The predicted molar refractivity (Wildman–Crippen MR) is 85.8 cm³/mol. The van der Waals surface area contributed by atoms with Crippen molar-refractivity contribution in [3.63, 3.8) is 0 Å². The van der Waals surface area contributed by atoms with Gasteiger partial charge in [-0.25, -0.2) is 4.57 Å². The number of hydrogen-bond donors (Lipinski definition) is 1. The van der Waals surface area contributed by atoms with Gasteiger partial charge in [0, 0.05) is 22.4 Å². The van der Waals surface area contributed by atoms with Gasteiger partial charge in [-0.1, -0.05) is 0 Å². The van der Waals surface area contributed by atoms with Crippen LogP contribution in [0.15, 0.2) is 42.7 Å². The maximum atomic E-state index is 5.36. The molecule has 0 fully saturated rings. The number of benzene rings is 2. The number of methoxy groups -OCH3 is 1. The quantitative estimate of drug-likeness (QED) is 0.529. The van der Waals surface area contributed by atoms with Crippen molar-refractivity contribution in [2.24, 2.45) is 7.05 Å². The normalized spacial score (nSPS) is 11.6. The lowest BCUT2D eigenvalue weighted by Gasteiger charge is -2.03. The average Bonchev–Trinajstić information content (AvgIpc) is 2.85. The van der Waals surface area contributed by atoms with Gasteiger partial charge in [0.05, 0.1) is 18.0 Å². The van der Waals surface area contributed by atoms with Gasteiger partial charge in [0.1, 0.15) is 12.8 Å². The standard InChI is InChI=1S/C18H16N2O/c1-11-8-15-14-9-12(21-3)4-5-17(14)19-18(15)16-10-20(2)7-6-13(11)16/h4-10H,1-3H3/p+1. The Morgan fingerprint density at radius 1 is 1.00 bits per heavy atom. The van der Waals surface area contributed by atoms with Crippen molar-refractivity contribution in [2.45, 2.75) is 6.92 Å². The van der Waals surface area contributed by atoms with E-state index in [-0.39, 0.29) is 0 Å². The van der Waals surface area contributed by atoms with Gasteiger partial charge in [-0.15, -0.1) is 0 Å². The first-order chi connectivity index (χ1) is 10.2. The van der Waals surface area contributed by atoms with E-state index in [0.717, 1.165) is 11.3 Å². The van der Waals surface area contributed by atoms with Crippen LogP contribution in [0.4, 0.5) is 0 Å². The lowest BCUT2D eigenvalue weighted by Crippen LogP contribution is -2.25. The number of nitrogens with zero attached hydrogens (tertiary/aromatic N) is 1. The molecule has 3 heteroatoms. The van der Waals surface area contributed by atoms with Crippen LogP contribution in [0.5, 0.6) is 5.75 Å². The molecule has 3 nitrogen and oxygen atoms in total. The molecular weight excluding hydrogens is 260 g/mol. The van der Waals surface area contributed by atoms with Crippen molar-refractivity contribution in [1.82, 2.24) is 4.98 Å². The SMILES string of the molecule is COc1ccc2[nH]c3c4c[n+](C)ccc4c(C)cc3c2c1. The molecule has 2 heterocycles. The summed E-state index contributed by atoms with van der Waals surface area (Å²) in [5, 5.41) is 5.00. The summed E-state index contributed by atoms with van der Waals surface area (Å²) >= 11 is 0. The molecule has 0 spiro atoms. The third kappa shape index (κ3) is 1.70. The molecular formula is C18H17N2O+. The molecule has 0 atom stereocenters. The van der Waals surface area contributed by atoms with Crippen LogP contribution in [0, 0.1) is 6.92 Å². The average molecular weight is 277 g/mol. The topological polar surface area (TPSA) is 28.9 Å². The molecule has 0 bridgehead atoms. The lowest BCUT2D eigenvalue weighted by atomic mass is 10.0. The molecule has 21 heavy (non-hydrogen) atoms. The maximum Gasteiger partial charge on any atom is 0.178 e. The van der Waals surface area contributed by atoms with E-state index in [1.807, 2.05) is 6.07 Å². The number of aromatic amines is 1. The second-order valence-electron chi connectivity index (χ2n) is 5.59. The molecule has 4 aromatic rings. The van der Waals surface area contributed by atoms with Gasteiger partial charge in [0.25, 0.3) is 0 Å². The van der Waals surface area contributed by atoms with E-state index in [2.05, 4.69) is 60.2 Å². The van der Waals surface area contributed by atoms with Crippen LogP contribution in [0.1, 0.15) is 5.56 Å². The molecule has 0 amide bonds. The molecule has 0 radical (unpaired) electrons. The molecule has 0 aliphatic carbocycles. The number of fused-ring (bicyclic) bond motifs is 5. The van der Waals surface area contributed by atoms with Crippen LogP contribution in [-0.2, 0) is 7.05 Å². The molecule has 4 rings (SSSR count). The Morgan fingerprint density at radius 3 is 2.67 bits per heavy atom. The summed E-state index contributed by atoms with van der Waals surface area (Å²) in [6, 6.07) is 10.6. The minimum atomic E-state index is 0.889. The third-order valence-corrected chi connectivity index (χ3v) is 4.20. The summed E-state index contributed by atoms with van der Waals surface area (Å²) in [6.45, 7) is 2.17. The summed E-state index contributed by atoms with van der Waals surface area (Å²) < 4.78 is 7.45. The second kappa shape index (κ2) is 4.22. The molecule has 0 aliphatic rings. The van der Waals surface area contributed by atoms with Gasteiger partial charge in [0.2, 0.25) is 0 Å². The number of rotatable bonds is 1. The van der Waals surface area contributed by atoms with Crippen LogP contribution in [0.2, 0.25) is 0 Å². The van der Waals surface area contributed by atoms with Gasteiger partial charge in [-0.05, 0) is 42.1 Å². The van der Waals surface area contributed by atoms with E-state index in [4.69, 9.17) is 4.74 Å². The number of aromatic nitrogens is 2. The van der Waals surface area contributed by atoms with E-state index in [1.165, 1.54) is 32.6 Å². The van der Waals surface area contributed by atoms with Crippen LogP contribution in [0.25, 0.3) is 32.6 Å². The van der Waals surface area contributed by atoms with Crippen LogP contribution in [0.3, 0.4) is 0 Å². The monoisotopic (exact) mass is 277 g/mol. The minimum Gasteiger partial charge on any atom is -0.497 e. The Balaban J connectivity index is 2.24. The first-order valence-electron chi connectivity index (χ1n) is 7.05. The van der Waals surface area contributed by atoms with Crippen LogP contribution >= 0.6 is 0 Å². The highest BCUT2D eigenvalue weighted by Crippen LogP contribution is 2.34. The second-order valence-corrected chi connectivity index (χ2v) is 5.59. The number of H-pyrrole nitrogens is 1. The zero-order valence-electron chi connectivity index (χ0n) is 12.4. The number of aryl methyl sites for hydroxylation is 2. The van der Waals surface area contributed by atoms with Crippen molar-refractivity contribution in [2.75, 3.05) is 7.11 Å². The number of pyridine rings is 1. The molecule has 0 unspecified atom stereocenters. The molecule has 0 saturated heterocycles. The van der Waals surface area contributed by atoms with Gasteiger partial charge in [-0.3, -0.25) is 0 Å². The summed E-state index contributed by atoms with van der Waals surface area (Å²) in [5.41, 5.74) is 3.63. The molecule has 2 aromatic heterocycles. The molecule has 104 valence electrons. The van der Waals surface area contributed by atoms with E-state index in [9.17, 15) is 0 Å². The Labute approximate surface area is 122 Å². The van der Waals surface area contributed by atoms with Gasteiger partial charge < -0.3 is 9.72 Å². The summed E-state index contributed by atoms with van der Waals surface area (Å²) in [6.07, 6.45) is 4.27. The predicted octanol–water partition coefficient (Wildman–Crippen LogP) is 3.62. The van der Waals surface area contributed by atoms with Gasteiger partial charge >= 0.3 is 0 Å². The smallest absolute Gasteiger partial charge is 0.178 e. The molecule has 0 saturated carbocycles. The van der Waals surface area contributed by atoms with E-state index < -0.39 is 0 Å². The first kappa shape index (κ1) is 12.2. The van der Waals surface area contributed by atoms with Crippen molar-refractivity contribution >= 4 is 32.6 Å². The number of nitrogens with one attached hydrogen (secondary N) is 1. The minimum absolute atomic E-state index is 0.889.